The van der Waals surface area contributed by atoms with Crippen LogP contribution in [-0.2, 0) is 16.6 Å². The minimum atomic E-state index is -3.88. The van der Waals surface area contributed by atoms with Crippen LogP contribution in [0.5, 0.6) is 0 Å². The second-order valence-corrected chi connectivity index (χ2v) is 7.14. The van der Waals surface area contributed by atoms with Crippen LogP contribution in [0.2, 0.25) is 15.1 Å². The van der Waals surface area contributed by atoms with Crippen LogP contribution >= 0.6 is 34.8 Å². The van der Waals surface area contributed by atoms with E-state index in [1.54, 1.807) is 0 Å². The van der Waals surface area contributed by atoms with E-state index in [1.807, 2.05) is 0 Å². The molecule has 1 aromatic heterocycles. The van der Waals surface area contributed by atoms with Gasteiger partial charge in [-0.25, -0.2) is 17.8 Å². The Morgan fingerprint density at radius 3 is 2.50 bits per heavy atom. The van der Waals surface area contributed by atoms with Crippen LogP contribution in [0.4, 0.5) is 0 Å². The first kappa shape index (κ1) is 17.2. The largest absolute Gasteiger partial charge is 0.268 e. The molecule has 0 bridgehead atoms. The number of sulfonamides is 1. The highest BCUT2D eigenvalue weighted by Crippen LogP contribution is 2.31. The van der Waals surface area contributed by atoms with E-state index in [9.17, 15) is 13.2 Å². The second-order valence-electron chi connectivity index (χ2n) is 4.18. The van der Waals surface area contributed by atoms with Gasteiger partial charge in [0.05, 0.1) is 21.6 Å². The maximum atomic E-state index is 12.2. The van der Waals surface area contributed by atoms with E-state index in [1.165, 1.54) is 30.5 Å². The van der Waals surface area contributed by atoms with Gasteiger partial charge in [0.25, 0.3) is 5.56 Å². The number of nitrogens with zero attached hydrogens (tertiary/aromatic N) is 2. The number of aromatic nitrogens is 2. The molecule has 10 heteroatoms. The molecule has 0 atom stereocenters. The summed E-state index contributed by atoms with van der Waals surface area (Å²) < 4.78 is 27.8. The summed E-state index contributed by atoms with van der Waals surface area (Å²) in [5.41, 5.74) is -0.325. The first-order valence-corrected chi connectivity index (χ1v) is 8.59. The summed E-state index contributed by atoms with van der Waals surface area (Å²) in [5.74, 6) is 0. The first-order valence-electron chi connectivity index (χ1n) is 5.97. The Morgan fingerprint density at radius 1 is 1.14 bits per heavy atom. The predicted molar refractivity (Wildman–Crippen MR) is 85.2 cm³/mol. The highest BCUT2D eigenvalue weighted by Gasteiger charge is 2.19. The summed E-state index contributed by atoms with van der Waals surface area (Å²) in [6.07, 6.45) is 1.44. The van der Waals surface area contributed by atoms with Gasteiger partial charge in [0.1, 0.15) is 4.90 Å². The Bertz CT molecular complexity index is 852. The molecule has 0 aliphatic rings. The van der Waals surface area contributed by atoms with Crippen molar-refractivity contribution in [1.29, 1.82) is 0 Å². The number of halogens is 3. The molecule has 0 aliphatic heterocycles. The average Bonchev–Trinajstić information content (AvgIpc) is 2.44. The Balaban J connectivity index is 2.14. The molecule has 0 unspecified atom stereocenters. The van der Waals surface area contributed by atoms with Crippen LogP contribution in [0.1, 0.15) is 0 Å². The van der Waals surface area contributed by atoms with E-state index in [4.69, 9.17) is 34.8 Å². The molecule has 6 nitrogen and oxygen atoms in total. The Labute approximate surface area is 141 Å². The lowest BCUT2D eigenvalue weighted by Crippen LogP contribution is -2.31. The summed E-state index contributed by atoms with van der Waals surface area (Å²) in [7, 11) is -3.88. The zero-order valence-corrected chi connectivity index (χ0v) is 14.0. The number of benzene rings is 1. The van der Waals surface area contributed by atoms with Crippen molar-refractivity contribution in [3.63, 3.8) is 0 Å². The SMILES string of the molecule is O=c1cccnn1CCNS(=O)(=O)c1cc(Cl)c(Cl)cc1Cl. The highest BCUT2D eigenvalue weighted by molar-refractivity contribution is 7.89. The van der Waals surface area contributed by atoms with Crippen molar-refractivity contribution >= 4 is 44.8 Å². The summed E-state index contributed by atoms with van der Waals surface area (Å²) >= 11 is 17.4. The third kappa shape index (κ3) is 3.99. The Morgan fingerprint density at radius 2 is 1.82 bits per heavy atom. The molecule has 0 fully saturated rings. The first-order chi connectivity index (χ1) is 10.3. The molecule has 0 saturated carbocycles. The maximum Gasteiger partial charge on any atom is 0.266 e. The van der Waals surface area contributed by atoms with Gasteiger partial charge in [-0.3, -0.25) is 4.79 Å². The van der Waals surface area contributed by atoms with E-state index in [0.29, 0.717) is 0 Å². The van der Waals surface area contributed by atoms with Crippen molar-refractivity contribution in [3.05, 3.63) is 55.9 Å². The van der Waals surface area contributed by atoms with E-state index < -0.39 is 10.0 Å². The normalized spacial score (nSPS) is 11.6. The average molecular weight is 383 g/mol. The van der Waals surface area contributed by atoms with Crippen molar-refractivity contribution < 1.29 is 8.42 Å². The second kappa shape index (κ2) is 6.97. The van der Waals surface area contributed by atoms with Crippen LogP contribution in [-0.4, -0.2) is 24.7 Å². The van der Waals surface area contributed by atoms with Crippen LogP contribution in [0.15, 0.2) is 40.2 Å². The topological polar surface area (TPSA) is 81.1 Å². The van der Waals surface area contributed by atoms with Gasteiger partial charge in [-0.05, 0) is 18.2 Å². The van der Waals surface area contributed by atoms with Crippen molar-refractivity contribution in [1.82, 2.24) is 14.5 Å². The van der Waals surface area contributed by atoms with Crippen LogP contribution in [0.3, 0.4) is 0 Å². The smallest absolute Gasteiger partial charge is 0.266 e. The van der Waals surface area contributed by atoms with Gasteiger partial charge < -0.3 is 0 Å². The monoisotopic (exact) mass is 381 g/mol. The van der Waals surface area contributed by atoms with E-state index in [0.717, 1.165) is 4.68 Å². The maximum absolute atomic E-state index is 12.2. The molecule has 2 rings (SSSR count). The molecule has 22 heavy (non-hydrogen) atoms. The minimum Gasteiger partial charge on any atom is -0.268 e. The fraction of sp³-hybridized carbons (Fsp3) is 0.167. The molecule has 1 N–H and O–H groups in total. The van der Waals surface area contributed by atoms with Gasteiger partial charge in [-0.1, -0.05) is 34.8 Å². The quantitative estimate of drug-likeness (QED) is 0.804. The zero-order valence-electron chi connectivity index (χ0n) is 11.0. The zero-order chi connectivity index (χ0) is 16.3. The Hall–Kier alpha value is -1.12. The standard InChI is InChI=1S/C12H10Cl3N3O3S/c13-8-6-10(15)11(7-9(8)14)22(20,21)17-4-5-18-12(19)2-1-3-16-18/h1-3,6-7,17H,4-5H2. The molecule has 0 radical (unpaired) electrons. The summed E-state index contributed by atoms with van der Waals surface area (Å²) in [6, 6.07) is 5.25. The minimum absolute atomic E-state index is 0.0319. The molecule has 0 saturated heterocycles. The van der Waals surface area contributed by atoms with Gasteiger partial charge in [0, 0.05) is 18.8 Å². The van der Waals surface area contributed by atoms with Gasteiger partial charge in [-0.2, -0.15) is 5.10 Å². The molecule has 118 valence electrons. The lowest BCUT2D eigenvalue weighted by Gasteiger charge is -2.10. The molecular weight excluding hydrogens is 373 g/mol. The van der Waals surface area contributed by atoms with Crippen LogP contribution < -0.4 is 10.3 Å². The third-order valence-electron chi connectivity index (χ3n) is 2.67. The summed E-state index contributed by atoms with van der Waals surface area (Å²) in [5, 5.41) is 4.01. The highest BCUT2D eigenvalue weighted by atomic mass is 35.5. The molecule has 0 aliphatic carbocycles. The van der Waals surface area contributed by atoms with E-state index in [2.05, 4.69) is 9.82 Å². The fourth-order valence-electron chi connectivity index (χ4n) is 1.63. The van der Waals surface area contributed by atoms with Gasteiger partial charge in [0.2, 0.25) is 10.0 Å². The molecule has 1 heterocycles. The molecule has 2 aromatic rings. The van der Waals surface area contributed by atoms with Crippen molar-refractivity contribution in [2.75, 3.05) is 6.54 Å². The summed E-state index contributed by atoms with van der Waals surface area (Å²) in [4.78, 5) is 11.3. The van der Waals surface area contributed by atoms with E-state index >= 15 is 0 Å². The van der Waals surface area contributed by atoms with Crippen molar-refractivity contribution in [2.45, 2.75) is 11.4 Å². The number of nitrogens with one attached hydrogen (secondary N) is 1. The van der Waals surface area contributed by atoms with Crippen LogP contribution in [0, 0.1) is 0 Å². The number of rotatable bonds is 5. The van der Waals surface area contributed by atoms with Gasteiger partial charge in [0.15, 0.2) is 0 Å². The van der Waals surface area contributed by atoms with Crippen molar-refractivity contribution in [2.24, 2.45) is 0 Å². The third-order valence-corrected chi connectivity index (χ3v) is 5.31. The lowest BCUT2D eigenvalue weighted by molar-refractivity contribution is 0.547. The van der Waals surface area contributed by atoms with E-state index in [-0.39, 0.29) is 38.6 Å². The fourth-order valence-corrected chi connectivity index (χ4v) is 3.65. The summed E-state index contributed by atoms with van der Waals surface area (Å²) in [6.45, 7) is 0.0493. The number of hydrogen-bond donors (Lipinski definition) is 1. The molecule has 0 spiro atoms. The molecule has 0 amide bonds. The lowest BCUT2D eigenvalue weighted by atomic mass is 10.4. The van der Waals surface area contributed by atoms with Gasteiger partial charge >= 0.3 is 0 Å². The van der Waals surface area contributed by atoms with Gasteiger partial charge in [-0.15, -0.1) is 0 Å². The number of hydrogen-bond acceptors (Lipinski definition) is 4. The van der Waals surface area contributed by atoms with Crippen molar-refractivity contribution in [3.8, 4) is 0 Å². The predicted octanol–water partition coefficient (Wildman–Crippen LogP) is 2.18. The molecular formula is C12H10Cl3N3O3S. The van der Waals surface area contributed by atoms with Crippen LogP contribution in [0.25, 0.3) is 0 Å². The Kier molecular flexibility index (Phi) is 5.46. The molecule has 1 aromatic carbocycles.